The molecule has 4 aromatic rings. The zero-order chi connectivity index (χ0) is 18.6. The molecule has 134 valence electrons. The fourth-order valence-electron chi connectivity index (χ4n) is 2.68. The van der Waals surface area contributed by atoms with E-state index in [1.165, 1.54) is 11.8 Å². The van der Waals surface area contributed by atoms with Gasteiger partial charge < -0.3 is 5.32 Å². The highest BCUT2D eigenvalue weighted by atomic mass is 32.2. The lowest BCUT2D eigenvalue weighted by molar-refractivity contribution is -0.113. The molecule has 27 heavy (non-hydrogen) atoms. The Labute approximate surface area is 160 Å². The van der Waals surface area contributed by atoms with Gasteiger partial charge in [-0.05, 0) is 36.8 Å². The van der Waals surface area contributed by atoms with E-state index in [0.717, 1.165) is 21.8 Å². The first kappa shape index (κ1) is 17.2. The number of rotatable bonds is 5. The first-order valence-corrected chi connectivity index (χ1v) is 9.45. The van der Waals surface area contributed by atoms with Crippen molar-refractivity contribution in [3.63, 3.8) is 0 Å². The number of hydrogen-bond donors (Lipinski definition) is 1. The Morgan fingerprint density at radius 1 is 1.04 bits per heavy atom. The van der Waals surface area contributed by atoms with Crippen LogP contribution < -0.4 is 5.32 Å². The number of fused-ring (bicyclic) bond motifs is 1. The summed E-state index contributed by atoms with van der Waals surface area (Å²) in [5, 5.41) is 16.6. The second-order valence-electron chi connectivity index (χ2n) is 6.04. The molecular weight excluding hydrogens is 358 g/mol. The maximum absolute atomic E-state index is 12.2. The van der Waals surface area contributed by atoms with Crippen molar-refractivity contribution in [2.45, 2.75) is 11.9 Å². The predicted octanol–water partition coefficient (Wildman–Crippen LogP) is 3.83. The molecule has 2 aromatic carbocycles. The van der Waals surface area contributed by atoms with Crippen molar-refractivity contribution in [1.29, 1.82) is 0 Å². The van der Waals surface area contributed by atoms with E-state index in [0.29, 0.717) is 11.5 Å². The Kier molecular flexibility index (Phi) is 4.84. The topological polar surface area (TPSA) is 72.2 Å². The van der Waals surface area contributed by atoms with E-state index >= 15 is 0 Å². The number of benzene rings is 2. The van der Waals surface area contributed by atoms with Crippen molar-refractivity contribution in [3.05, 3.63) is 72.3 Å². The number of amides is 1. The van der Waals surface area contributed by atoms with E-state index in [2.05, 4.69) is 20.6 Å². The Balaban J connectivity index is 1.48. The first-order chi connectivity index (χ1) is 13.2. The van der Waals surface area contributed by atoms with Crippen LogP contribution in [0.1, 0.15) is 5.56 Å². The normalized spacial score (nSPS) is 10.9. The lowest BCUT2D eigenvalue weighted by atomic mass is 10.2. The summed E-state index contributed by atoms with van der Waals surface area (Å²) in [6.45, 7) is 1.99. The van der Waals surface area contributed by atoms with Gasteiger partial charge in [0.25, 0.3) is 0 Å². The molecule has 2 heterocycles. The summed E-state index contributed by atoms with van der Waals surface area (Å²) in [6.07, 6.45) is 0. The van der Waals surface area contributed by atoms with Gasteiger partial charge in [-0.25, -0.2) is 0 Å². The number of anilines is 1. The Bertz CT molecular complexity index is 1090. The third kappa shape index (κ3) is 3.98. The number of aryl methyl sites for hydroxylation is 1. The summed E-state index contributed by atoms with van der Waals surface area (Å²) >= 11 is 1.37. The quantitative estimate of drug-likeness (QED) is 0.537. The second-order valence-corrected chi connectivity index (χ2v) is 7.03. The predicted molar refractivity (Wildman–Crippen MR) is 107 cm³/mol. The summed E-state index contributed by atoms with van der Waals surface area (Å²) in [7, 11) is 0. The largest absolute Gasteiger partial charge is 0.325 e. The minimum Gasteiger partial charge on any atom is -0.325 e. The van der Waals surface area contributed by atoms with Crippen LogP contribution in [0.25, 0.3) is 17.0 Å². The number of carbonyl (C=O) groups excluding carboxylic acids is 1. The van der Waals surface area contributed by atoms with Crippen molar-refractivity contribution in [2.75, 3.05) is 11.1 Å². The SMILES string of the molecule is Cc1cccc(NC(=O)CSc2ccc3nnc(-c4ccccc4)n3n2)c1. The number of thioether (sulfide) groups is 1. The van der Waals surface area contributed by atoms with Crippen LogP contribution in [0.3, 0.4) is 0 Å². The minimum atomic E-state index is -0.0699. The fourth-order valence-corrected chi connectivity index (χ4v) is 3.33. The van der Waals surface area contributed by atoms with Crippen LogP contribution in [-0.4, -0.2) is 31.5 Å². The molecule has 6 nitrogen and oxygen atoms in total. The third-order valence-electron chi connectivity index (χ3n) is 3.92. The van der Waals surface area contributed by atoms with Gasteiger partial charge in [0, 0.05) is 11.3 Å². The zero-order valence-electron chi connectivity index (χ0n) is 14.7. The summed E-state index contributed by atoms with van der Waals surface area (Å²) in [4.78, 5) is 12.2. The highest BCUT2D eigenvalue weighted by molar-refractivity contribution is 7.99. The molecule has 0 aliphatic heterocycles. The van der Waals surface area contributed by atoms with Gasteiger partial charge >= 0.3 is 0 Å². The van der Waals surface area contributed by atoms with Gasteiger partial charge in [-0.3, -0.25) is 4.79 Å². The molecule has 7 heteroatoms. The standard InChI is InChI=1S/C20H17N5OS/c1-14-6-5-9-16(12-14)21-18(26)13-27-19-11-10-17-22-23-20(25(17)24-19)15-7-3-2-4-8-15/h2-12H,13H2,1H3,(H,21,26). The van der Waals surface area contributed by atoms with E-state index < -0.39 is 0 Å². The average molecular weight is 375 g/mol. The van der Waals surface area contributed by atoms with E-state index in [-0.39, 0.29) is 11.7 Å². The average Bonchev–Trinajstić information content (AvgIpc) is 3.10. The van der Waals surface area contributed by atoms with E-state index in [9.17, 15) is 4.79 Å². The molecule has 1 N–H and O–H groups in total. The molecule has 0 spiro atoms. The van der Waals surface area contributed by atoms with E-state index in [1.807, 2.05) is 73.7 Å². The molecule has 0 aliphatic carbocycles. The molecule has 0 aliphatic rings. The maximum Gasteiger partial charge on any atom is 0.234 e. The fraction of sp³-hybridized carbons (Fsp3) is 0.100. The van der Waals surface area contributed by atoms with Crippen molar-refractivity contribution >= 4 is 29.0 Å². The van der Waals surface area contributed by atoms with Crippen LogP contribution in [0.4, 0.5) is 5.69 Å². The summed E-state index contributed by atoms with van der Waals surface area (Å²) in [6, 6.07) is 21.2. The smallest absolute Gasteiger partial charge is 0.234 e. The zero-order valence-corrected chi connectivity index (χ0v) is 15.5. The van der Waals surface area contributed by atoms with Gasteiger partial charge in [0.05, 0.1) is 5.75 Å². The van der Waals surface area contributed by atoms with Crippen LogP contribution in [0.5, 0.6) is 0 Å². The first-order valence-electron chi connectivity index (χ1n) is 8.46. The molecular formula is C20H17N5OS. The molecule has 1 amide bonds. The number of aromatic nitrogens is 4. The van der Waals surface area contributed by atoms with Crippen LogP contribution in [0.15, 0.2) is 71.8 Å². The van der Waals surface area contributed by atoms with Crippen molar-refractivity contribution in [1.82, 2.24) is 19.8 Å². The molecule has 0 bridgehead atoms. The molecule has 0 radical (unpaired) electrons. The highest BCUT2D eigenvalue weighted by Gasteiger charge is 2.11. The number of hydrogen-bond acceptors (Lipinski definition) is 5. The number of carbonyl (C=O) groups is 1. The minimum absolute atomic E-state index is 0.0699. The maximum atomic E-state index is 12.2. The summed E-state index contributed by atoms with van der Waals surface area (Å²) in [5.74, 6) is 0.881. The monoisotopic (exact) mass is 375 g/mol. The summed E-state index contributed by atoms with van der Waals surface area (Å²) in [5.41, 5.74) is 3.52. The van der Waals surface area contributed by atoms with Gasteiger partial charge in [-0.1, -0.05) is 54.2 Å². The summed E-state index contributed by atoms with van der Waals surface area (Å²) < 4.78 is 1.70. The Morgan fingerprint density at radius 3 is 2.70 bits per heavy atom. The molecule has 4 rings (SSSR count). The number of nitrogens with one attached hydrogen (secondary N) is 1. The molecule has 0 unspecified atom stereocenters. The third-order valence-corrected chi connectivity index (χ3v) is 4.84. The molecule has 2 aromatic heterocycles. The van der Waals surface area contributed by atoms with Gasteiger partial charge in [-0.15, -0.1) is 10.2 Å². The lowest BCUT2D eigenvalue weighted by Gasteiger charge is -2.06. The van der Waals surface area contributed by atoms with E-state index in [4.69, 9.17) is 0 Å². The van der Waals surface area contributed by atoms with Crippen molar-refractivity contribution in [3.8, 4) is 11.4 Å². The molecule has 0 saturated heterocycles. The highest BCUT2D eigenvalue weighted by Crippen LogP contribution is 2.20. The Hall–Kier alpha value is -3.19. The molecule has 0 atom stereocenters. The van der Waals surface area contributed by atoms with Crippen LogP contribution in [0.2, 0.25) is 0 Å². The van der Waals surface area contributed by atoms with Gasteiger partial charge in [0.1, 0.15) is 5.03 Å². The number of nitrogens with zero attached hydrogens (tertiary/aromatic N) is 4. The lowest BCUT2D eigenvalue weighted by Crippen LogP contribution is -2.14. The van der Waals surface area contributed by atoms with Gasteiger partial charge in [-0.2, -0.15) is 9.61 Å². The van der Waals surface area contributed by atoms with Crippen molar-refractivity contribution < 1.29 is 4.79 Å². The van der Waals surface area contributed by atoms with Gasteiger partial charge in [0.15, 0.2) is 11.5 Å². The van der Waals surface area contributed by atoms with Gasteiger partial charge in [0.2, 0.25) is 5.91 Å². The Morgan fingerprint density at radius 2 is 1.89 bits per heavy atom. The molecule has 0 fully saturated rings. The van der Waals surface area contributed by atoms with E-state index in [1.54, 1.807) is 4.52 Å². The van der Waals surface area contributed by atoms with Crippen LogP contribution in [-0.2, 0) is 4.79 Å². The van der Waals surface area contributed by atoms with Crippen molar-refractivity contribution in [2.24, 2.45) is 0 Å². The second kappa shape index (κ2) is 7.59. The van der Waals surface area contributed by atoms with Crippen LogP contribution >= 0.6 is 11.8 Å². The molecule has 0 saturated carbocycles. The van der Waals surface area contributed by atoms with Crippen LogP contribution in [0, 0.1) is 6.92 Å².